The second kappa shape index (κ2) is 9.65. The Balaban J connectivity index is 4.43. The Morgan fingerprint density at radius 1 is 1.00 bits per heavy atom. The summed E-state index contributed by atoms with van der Waals surface area (Å²) in [5.74, 6) is -1.23. The SMILES string of the molecule is CCC(=O)OC[C@@H](O)[C@H](O)[C@@H](O)[C@H](CO)OC(=O)CC. The monoisotopic (exact) mass is 294 g/mol. The summed E-state index contributed by atoms with van der Waals surface area (Å²) in [6.07, 6.45) is -6.22. The van der Waals surface area contributed by atoms with Crippen LogP contribution in [0.1, 0.15) is 26.7 Å². The zero-order chi connectivity index (χ0) is 15.7. The van der Waals surface area contributed by atoms with E-state index >= 15 is 0 Å². The van der Waals surface area contributed by atoms with Crippen LogP contribution in [0.5, 0.6) is 0 Å². The van der Waals surface area contributed by atoms with Gasteiger partial charge in [-0.1, -0.05) is 13.8 Å². The van der Waals surface area contributed by atoms with Gasteiger partial charge in [-0.2, -0.15) is 0 Å². The molecule has 8 heteroatoms. The van der Waals surface area contributed by atoms with Crippen molar-refractivity contribution in [2.75, 3.05) is 13.2 Å². The maximum atomic E-state index is 11.1. The first-order chi connectivity index (χ1) is 9.37. The van der Waals surface area contributed by atoms with E-state index in [9.17, 15) is 24.9 Å². The van der Waals surface area contributed by atoms with Crippen molar-refractivity contribution < 1.29 is 39.5 Å². The summed E-state index contributed by atoms with van der Waals surface area (Å²) in [6, 6.07) is 0. The molecule has 0 fully saturated rings. The van der Waals surface area contributed by atoms with Gasteiger partial charge in [0.1, 0.15) is 24.9 Å². The van der Waals surface area contributed by atoms with Crippen molar-refractivity contribution in [1.29, 1.82) is 0 Å². The van der Waals surface area contributed by atoms with E-state index in [1.165, 1.54) is 6.92 Å². The molecule has 20 heavy (non-hydrogen) atoms. The molecule has 4 N–H and O–H groups in total. The fourth-order valence-corrected chi connectivity index (χ4v) is 1.29. The number of aliphatic hydroxyl groups is 4. The molecule has 0 rings (SSSR count). The molecule has 0 amide bonds. The third kappa shape index (κ3) is 6.29. The van der Waals surface area contributed by atoms with Crippen molar-refractivity contribution in [3.8, 4) is 0 Å². The Morgan fingerprint density at radius 3 is 2.00 bits per heavy atom. The predicted molar refractivity (Wildman–Crippen MR) is 66.5 cm³/mol. The van der Waals surface area contributed by atoms with Gasteiger partial charge < -0.3 is 29.9 Å². The molecule has 0 bridgehead atoms. The summed E-state index contributed by atoms with van der Waals surface area (Å²) in [7, 11) is 0. The van der Waals surface area contributed by atoms with Crippen LogP contribution in [-0.4, -0.2) is 70.0 Å². The molecule has 0 saturated carbocycles. The highest BCUT2D eigenvalue weighted by molar-refractivity contribution is 5.69. The van der Waals surface area contributed by atoms with Crippen molar-refractivity contribution in [3.63, 3.8) is 0 Å². The third-order valence-corrected chi connectivity index (χ3v) is 2.58. The molecule has 0 unspecified atom stereocenters. The topological polar surface area (TPSA) is 134 Å². The average Bonchev–Trinajstić information content (AvgIpc) is 2.47. The highest BCUT2D eigenvalue weighted by Gasteiger charge is 2.33. The van der Waals surface area contributed by atoms with Gasteiger partial charge >= 0.3 is 11.9 Å². The predicted octanol–water partition coefficient (Wildman–Crippen LogP) is -1.66. The van der Waals surface area contributed by atoms with Crippen LogP contribution in [0.3, 0.4) is 0 Å². The number of hydrogen-bond acceptors (Lipinski definition) is 8. The lowest BCUT2D eigenvalue weighted by atomic mass is 10.0. The van der Waals surface area contributed by atoms with Gasteiger partial charge in [-0.05, 0) is 0 Å². The fraction of sp³-hybridized carbons (Fsp3) is 0.833. The number of esters is 2. The van der Waals surface area contributed by atoms with Crippen molar-refractivity contribution in [3.05, 3.63) is 0 Å². The van der Waals surface area contributed by atoms with Crippen LogP contribution < -0.4 is 0 Å². The van der Waals surface area contributed by atoms with E-state index in [-0.39, 0.29) is 12.8 Å². The first-order valence-electron chi connectivity index (χ1n) is 6.37. The molecular weight excluding hydrogens is 272 g/mol. The summed E-state index contributed by atoms with van der Waals surface area (Å²) < 4.78 is 9.32. The lowest BCUT2D eigenvalue weighted by molar-refractivity contribution is -0.173. The molecule has 0 aromatic carbocycles. The quantitative estimate of drug-likeness (QED) is 0.371. The van der Waals surface area contributed by atoms with Crippen molar-refractivity contribution in [2.24, 2.45) is 0 Å². The number of rotatable bonds is 9. The normalized spacial score (nSPS) is 16.9. The highest BCUT2D eigenvalue weighted by Crippen LogP contribution is 2.10. The average molecular weight is 294 g/mol. The Kier molecular flexibility index (Phi) is 9.06. The first-order valence-corrected chi connectivity index (χ1v) is 6.37. The summed E-state index contributed by atoms with van der Waals surface area (Å²) in [5, 5.41) is 38.0. The smallest absolute Gasteiger partial charge is 0.305 e. The molecule has 0 aliphatic carbocycles. The minimum atomic E-state index is -1.73. The minimum absolute atomic E-state index is 0.0377. The van der Waals surface area contributed by atoms with E-state index in [2.05, 4.69) is 4.74 Å². The number of carbonyl (C=O) groups is 2. The van der Waals surface area contributed by atoms with E-state index < -0.39 is 49.6 Å². The van der Waals surface area contributed by atoms with Gasteiger partial charge in [0, 0.05) is 12.8 Å². The van der Waals surface area contributed by atoms with Gasteiger partial charge in [0.15, 0.2) is 6.10 Å². The molecule has 118 valence electrons. The van der Waals surface area contributed by atoms with Crippen LogP contribution >= 0.6 is 0 Å². The van der Waals surface area contributed by atoms with Crippen molar-refractivity contribution in [1.82, 2.24) is 0 Å². The highest BCUT2D eigenvalue weighted by atomic mass is 16.6. The number of carbonyl (C=O) groups excluding carboxylic acids is 2. The maximum Gasteiger partial charge on any atom is 0.305 e. The molecule has 4 atom stereocenters. The maximum absolute atomic E-state index is 11.1. The number of ether oxygens (including phenoxy) is 2. The molecule has 0 aliphatic rings. The Hall–Kier alpha value is -1.22. The van der Waals surface area contributed by atoms with Gasteiger partial charge in [-0.25, -0.2) is 0 Å². The van der Waals surface area contributed by atoms with E-state index in [1.807, 2.05) is 0 Å². The van der Waals surface area contributed by atoms with Crippen LogP contribution in [0.15, 0.2) is 0 Å². The standard InChI is InChI=1S/C12H22O8/c1-3-9(15)19-6-7(14)11(17)12(18)8(5-13)20-10(16)4-2/h7-8,11-14,17-18H,3-6H2,1-2H3/t7-,8+,11+,12+/m1/s1. The summed E-state index contributed by atoms with van der Waals surface area (Å²) in [5.41, 5.74) is 0. The van der Waals surface area contributed by atoms with E-state index in [0.29, 0.717) is 0 Å². The fourth-order valence-electron chi connectivity index (χ4n) is 1.29. The Morgan fingerprint density at radius 2 is 1.55 bits per heavy atom. The van der Waals surface area contributed by atoms with Crippen LogP contribution in [0, 0.1) is 0 Å². The minimum Gasteiger partial charge on any atom is -0.463 e. The zero-order valence-electron chi connectivity index (χ0n) is 11.6. The zero-order valence-corrected chi connectivity index (χ0v) is 11.6. The van der Waals surface area contributed by atoms with Gasteiger partial charge in [-0.3, -0.25) is 9.59 Å². The molecule has 0 saturated heterocycles. The lowest BCUT2D eigenvalue weighted by Crippen LogP contribution is -2.49. The van der Waals surface area contributed by atoms with E-state index in [0.717, 1.165) is 0 Å². The van der Waals surface area contributed by atoms with Crippen molar-refractivity contribution in [2.45, 2.75) is 51.1 Å². The van der Waals surface area contributed by atoms with Crippen LogP contribution in [0.25, 0.3) is 0 Å². The second-order valence-corrected chi connectivity index (χ2v) is 4.15. The van der Waals surface area contributed by atoms with Gasteiger partial charge in [0.2, 0.25) is 0 Å². The summed E-state index contributed by atoms with van der Waals surface area (Å²) >= 11 is 0. The largest absolute Gasteiger partial charge is 0.463 e. The molecular formula is C12H22O8. The molecule has 0 aromatic heterocycles. The third-order valence-electron chi connectivity index (χ3n) is 2.58. The van der Waals surface area contributed by atoms with Gasteiger partial charge in [-0.15, -0.1) is 0 Å². The van der Waals surface area contributed by atoms with Gasteiger partial charge in [0.05, 0.1) is 6.61 Å². The molecule has 0 aromatic rings. The van der Waals surface area contributed by atoms with Crippen LogP contribution in [0.2, 0.25) is 0 Å². The Labute approximate surface area is 116 Å². The summed E-state index contributed by atoms with van der Waals surface area (Å²) in [6.45, 7) is 1.86. The summed E-state index contributed by atoms with van der Waals surface area (Å²) in [4.78, 5) is 22.0. The second-order valence-electron chi connectivity index (χ2n) is 4.15. The van der Waals surface area contributed by atoms with Crippen LogP contribution in [-0.2, 0) is 19.1 Å². The number of aliphatic hydroxyl groups excluding tert-OH is 4. The molecule has 0 radical (unpaired) electrons. The molecule has 8 nitrogen and oxygen atoms in total. The van der Waals surface area contributed by atoms with E-state index in [4.69, 9.17) is 9.84 Å². The number of hydrogen-bond donors (Lipinski definition) is 4. The molecule has 0 aliphatic heterocycles. The molecule has 0 heterocycles. The van der Waals surface area contributed by atoms with Crippen LogP contribution in [0.4, 0.5) is 0 Å². The first kappa shape index (κ1) is 18.8. The lowest BCUT2D eigenvalue weighted by Gasteiger charge is -2.27. The Bertz CT molecular complexity index is 306. The van der Waals surface area contributed by atoms with Crippen molar-refractivity contribution >= 4 is 11.9 Å². The molecule has 0 spiro atoms. The van der Waals surface area contributed by atoms with E-state index in [1.54, 1.807) is 6.92 Å². The van der Waals surface area contributed by atoms with Gasteiger partial charge in [0.25, 0.3) is 0 Å².